The topological polar surface area (TPSA) is 34.9 Å². The van der Waals surface area contributed by atoms with Gasteiger partial charge in [-0.05, 0) is 76.4 Å². The molecule has 4 rings (SSSR count). The fraction of sp³-hybridized carbons (Fsp3) is 0.0909. The fourth-order valence-electron chi connectivity index (χ4n) is 2.98. The van der Waals surface area contributed by atoms with Crippen molar-refractivity contribution < 1.29 is 0 Å². The molecule has 0 amide bonds. The third-order valence-corrected chi connectivity index (χ3v) is 5.86. The average Bonchev–Trinajstić information content (AvgIpc) is 3.21. The van der Waals surface area contributed by atoms with Gasteiger partial charge < -0.3 is 0 Å². The van der Waals surface area contributed by atoms with Crippen molar-refractivity contribution >= 4 is 57.0 Å². The number of rotatable bonds is 5. The van der Waals surface area contributed by atoms with Crippen LogP contribution in [-0.4, -0.2) is 9.55 Å². The third-order valence-electron chi connectivity index (χ3n) is 4.35. The molecule has 0 saturated carbocycles. The van der Waals surface area contributed by atoms with E-state index in [0.29, 0.717) is 17.8 Å². The van der Waals surface area contributed by atoms with Gasteiger partial charge in [-0.3, -0.25) is 9.36 Å². The van der Waals surface area contributed by atoms with Crippen LogP contribution >= 0.6 is 33.9 Å². The summed E-state index contributed by atoms with van der Waals surface area (Å²) in [5.74, 6) is 0.693. The Morgan fingerprint density at radius 1 is 1.04 bits per heavy atom. The number of hydrogen-bond acceptors (Lipinski definition) is 3. The molecule has 5 heteroatoms. The molecule has 134 valence electrons. The van der Waals surface area contributed by atoms with E-state index >= 15 is 0 Å². The van der Waals surface area contributed by atoms with Gasteiger partial charge in [0.1, 0.15) is 5.82 Å². The summed E-state index contributed by atoms with van der Waals surface area (Å²) in [6, 6.07) is 20.1. The van der Waals surface area contributed by atoms with Gasteiger partial charge in [0.2, 0.25) is 0 Å². The average molecular weight is 484 g/mol. The monoisotopic (exact) mass is 484 g/mol. The van der Waals surface area contributed by atoms with E-state index in [9.17, 15) is 4.79 Å². The lowest BCUT2D eigenvalue weighted by Gasteiger charge is -2.11. The van der Waals surface area contributed by atoms with E-state index in [1.165, 1.54) is 5.56 Å². The van der Waals surface area contributed by atoms with Crippen molar-refractivity contribution in [1.29, 1.82) is 0 Å². The van der Waals surface area contributed by atoms with E-state index < -0.39 is 0 Å². The number of fused-ring (bicyclic) bond motifs is 1. The number of nitrogens with zero attached hydrogens (tertiary/aromatic N) is 2. The lowest BCUT2D eigenvalue weighted by Crippen LogP contribution is -2.25. The molecule has 27 heavy (non-hydrogen) atoms. The van der Waals surface area contributed by atoms with E-state index in [-0.39, 0.29) is 5.56 Å². The normalized spacial score (nSPS) is 11.4. The SMILES string of the molecule is O=c1c2cc(I)ccc2nc(C=Cc2cccs2)n1CCc1ccccc1. The number of aromatic nitrogens is 2. The molecule has 0 aliphatic carbocycles. The Kier molecular flexibility index (Phi) is 5.50. The molecule has 0 aliphatic heterocycles. The van der Waals surface area contributed by atoms with Gasteiger partial charge in [-0.1, -0.05) is 36.4 Å². The Morgan fingerprint density at radius 3 is 2.67 bits per heavy atom. The van der Waals surface area contributed by atoms with E-state index in [1.54, 1.807) is 15.9 Å². The molecule has 2 heterocycles. The molecule has 0 atom stereocenters. The third kappa shape index (κ3) is 4.20. The first kappa shape index (κ1) is 18.1. The second kappa shape index (κ2) is 8.19. The van der Waals surface area contributed by atoms with Crippen molar-refractivity contribution in [2.45, 2.75) is 13.0 Å². The molecule has 0 unspecified atom stereocenters. The number of aryl methyl sites for hydroxylation is 1. The van der Waals surface area contributed by atoms with Gasteiger partial charge in [0, 0.05) is 15.0 Å². The molecule has 0 spiro atoms. The van der Waals surface area contributed by atoms with Gasteiger partial charge in [0.25, 0.3) is 5.56 Å². The molecule has 0 radical (unpaired) electrons. The smallest absolute Gasteiger partial charge is 0.261 e. The first-order valence-electron chi connectivity index (χ1n) is 8.66. The van der Waals surface area contributed by atoms with Crippen LogP contribution in [0.25, 0.3) is 23.1 Å². The highest BCUT2D eigenvalue weighted by molar-refractivity contribution is 14.1. The van der Waals surface area contributed by atoms with Crippen LogP contribution in [-0.2, 0) is 13.0 Å². The van der Waals surface area contributed by atoms with E-state index in [1.807, 2.05) is 60.0 Å². The van der Waals surface area contributed by atoms with Crippen molar-refractivity contribution in [3.05, 3.63) is 96.2 Å². The highest BCUT2D eigenvalue weighted by Gasteiger charge is 2.10. The zero-order valence-corrected chi connectivity index (χ0v) is 17.5. The molecule has 0 N–H and O–H groups in total. The highest BCUT2D eigenvalue weighted by Crippen LogP contribution is 2.16. The van der Waals surface area contributed by atoms with Crippen molar-refractivity contribution in [1.82, 2.24) is 9.55 Å². The summed E-state index contributed by atoms with van der Waals surface area (Å²) >= 11 is 3.90. The first-order valence-corrected chi connectivity index (χ1v) is 10.6. The summed E-state index contributed by atoms with van der Waals surface area (Å²) in [7, 11) is 0. The predicted octanol–water partition coefficient (Wildman–Crippen LogP) is 5.48. The zero-order valence-electron chi connectivity index (χ0n) is 14.5. The molecule has 4 aromatic rings. The van der Waals surface area contributed by atoms with Crippen molar-refractivity contribution in [3.63, 3.8) is 0 Å². The van der Waals surface area contributed by atoms with Crippen molar-refractivity contribution in [2.24, 2.45) is 0 Å². The van der Waals surface area contributed by atoms with E-state index in [0.717, 1.165) is 20.4 Å². The summed E-state index contributed by atoms with van der Waals surface area (Å²) in [4.78, 5) is 19.1. The van der Waals surface area contributed by atoms with Crippen LogP contribution in [0.2, 0.25) is 0 Å². The lowest BCUT2D eigenvalue weighted by atomic mass is 10.1. The van der Waals surface area contributed by atoms with Crippen LogP contribution in [0.5, 0.6) is 0 Å². The number of thiophene rings is 1. The van der Waals surface area contributed by atoms with E-state index in [4.69, 9.17) is 4.98 Å². The van der Waals surface area contributed by atoms with Gasteiger partial charge in [-0.2, -0.15) is 0 Å². The molecule has 0 saturated heterocycles. The molecule has 2 aromatic heterocycles. The van der Waals surface area contributed by atoms with Crippen LogP contribution in [0.15, 0.2) is 70.8 Å². The Hall–Kier alpha value is -2.25. The van der Waals surface area contributed by atoms with Crippen LogP contribution < -0.4 is 5.56 Å². The maximum absolute atomic E-state index is 13.2. The highest BCUT2D eigenvalue weighted by atomic mass is 127. The minimum atomic E-state index is 0.0141. The van der Waals surface area contributed by atoms with Crippen LogP contribution in [0.4, 0.5) is 0 Å². The number of hydrogen-bond donors (Lipinski definition) is 0. The Bertz CT molecular complexity index is 1150. The lowest BCUT2D eigenvalue weighted by molar-refractivity contribution is 0.655. The number of benzene rings is 2. The predicted molar refractivity (Wildman–Crippen MR) is 122 cm³/mol. The summed E-state index contributed by atoms with van der Waals surface area (Å²) in [5, 5.41) is 2.71. The van der Waals surface area contributed by atoms with Crippen LogP contribution in [0.3, 0.4) is 0 Å². The summed E-state index contributed by atoms with van der Waals surface area (Å²) in [5.41, 5.74) is 1.96. The van der Waals surface area contributed by atoms with Crippen molar-refractivity contribution in [2.75, 3.05) is 0 Å². The maximum atomic E-state index is 13.2. The molecular formula is C22H17IN2OS. The van der Waals surface area contributed by atoms with Gasteiger partial charge in [0.05, 0.1) is 10.9 Å². The second-order valence-corrected chi connectivity index (χ2v) is 8.40. The molecule has 0 bridgehead atoms. The molecule has 0 aliphatic rings. The second-order valence-electron chi connectivity index (χ2n) is 6.17. The van der Waals surface area contributed by atoms with Crippen LogP contribution in [0, 0.1) is 3.57 Å². The fourth-order valence-corrected chi connectivity index (χ4v) is 4.09. The molecular weight excluding hydrogens is 467 g/mol. The number of halogens is 1. The molecule has 3 nitrogen and oxygen atoms in total. The van der Waals surface area contributed by atoms with Gasteiger partial charge in [0.15, 0.2) is 0 Å². The summed E-state index contributed by atoms with van der Waals surface area (Å²) in [6.07, 6.45) is 4.75. The largest absolute Gasteiger partial charge is 0.292 e. The van der Waals surface area contributed by atoms with Gasteiger partial charge in [-0.25, -0.2) is 4.98 Å². The summed E-state index contributed by atoms with van der Waals surface area (Å²) < 4.78 is 2.82. The molecule has 0 fully saturated rings. The van der Waals surface area contributed by atoms with Crippen LogP contribution in [0.1, 0.15) is 16.3 Å². The Morgan fingerprint density at radius 2 is 1.89 bits per heavy atom. The minimum Gasteiger partial charge on any atom is -0.292 e. The van der Waals surface area contributed by atoms with Crippen molar-refractivity contribution in [3.8, 4) is 0 Å². The van der Waals surface area contributed by atoms with Gasteiger partial charge >= 0.3 is 0 Å². The van der Waals surface area contributed by atoms with E-state index in [2.05, 4.69) is 40.8 Å². The first-order chi connectivity index (χ1) is 13.2. The Labute approximate surface area is 175 Å². The maximum Gasteiger partial charge on any atom is 0.261 e. The quantitative estimate of drug-likeness (QED) is 0.352. The molecule has 2 aromatic carbocycles. The van der Waals surface area contributed by atoms with Gasteiger partial charge in [-0.15, -0.1) is 11.3 Å². The minimum absolute atomic E-state index is 0.0141. The standard InChI is InChI=1S/C22H17IN2OS/c23-17-8-10-20-19(15-17)22(26)25(13-12-16-5-2-1-3-6-16)21(24-20)11-9-18-7-4-14-27-18/h1-11,14-15H,12-13H2. The zero-order chi connectivity index (χ0) is 18.6. The summed E-state index contributed by atoms with van der Waals surface area (Å²) in [6.45, 7) is 0.599. The Balaban J connectivity index is 1.78.